The molecule has 2 aliphatic heterocycles. The number of hydrogen-bond donors (Lipinski definition) is 1. The number of carbonyl (C=O) groups excluding carboxylic acids is 2. The van der Waals surface area contributed by atoms with Crippen LogP contribution in [0.25, 0.3) is 27.9 Å². The van der Waals surface area contributed by atoms with Crippen molar-refractivity contribution in [1.82, 2.24) is 9.88 Å². The number of amides is 1. The Morgan fingerprint density at radius 3 is 2.59 bits per heavy atom. The number of cyclic esters (lactones) is 1. The second kappa shape index (κ2) is 12.3. The van der Waals surface area contributed by atoms with Crippen molar-refractivity contribution in [2.75, 3.05) is 20.0 Å². The number of nitrogens with zero attached hydrogens (tertiary/aromatic N) is 2. The molecule has 46 heavy (non-hydrogen) atoms. The number of fused-ring (bicyclic) bond motifs is 3. The van der Waals surface area contributed by atoms with Gasteiger partial charge in [-0.3, -0.25) is 9.59 Å². The number of allylic oxidation sites excluding steroid dienone is 1. The molecule has 1 fully saturated rings. The third kappa shape index (κ3) is 5.70. The minimum atomic E-state index is -1.35. The van der Waals surface area contributed by atoms with Crippen molar-refractivity contribution in [3.8, 4) is 11.5 Å². The van der Waals surface area contributed by atoms with E-state index in [0.29, 0.717) is 29.4 Å². The summed E-state index contributed by atoms with van der Waals surface area (Å²) in [5.41, 5.74) is 2.02. The Hall–Kier alpha value is -5.15. The first-order valence-corrected chi connectivity index (χ1v) is 15.4. The fourth-order valence-corrected chi connectivity index (χ4v) is 6.39. The van der Waals surface area contributed by atoms with Gasteiger partial charge < -0.3 is 28.6 Å². The van der Waals surface area contributed by atoms with E-state index < -0.39 is 18.0 Å². The summed E-state index contributed by atoms with van der Waals surface area (Å²) >= 11 is 0. The molecule has 5 aromatic rings. The van der Waals surface area contributed by atoms with Crippen molar-refractivity contribution < 1.29 is 33.3 Å². The second-order valence-electron chi connectivity index (χ2n) is 12.0. The van der Waals surface area contributed by atoms with Crippen LogP contribution in [0.4, 0.5) is 0 Å². The molecule has 1 aromatic heterocycles. The molecule has 0 spiro atoms. The molecular formula is C37H34N2O7. The van der Waals surface area contributed by atoms with E-state index >= 15 is 0 Å². The quantitative estimate of drug-likeness (QED) is 0.183. The molecule has 1 amide bonds. The van der Waals surface area contributed by atoms with Crippen molar-refractivity contribution in [2.45, 2.75) is 38.3 Å². The first kappa shape index (κ1) is 29.6. The molecule has 1 saturated heterocycles. The number of benzene rings is 4. The first-order valence-electron chi connectivity index (χ1n) is 15.4. The number of aliphatic hydroxyl groups excluding tert-OH is 1. The Bertz CT molecular complexity index is 1920. The summed E-state index contributed by atoms with van der Waals surface area (Å²) in [6.07, 6.45) is 4.21. The van der Waals surface area contributed by atoms with E-state index in [9.17, 15) is 14.7 Å². The molecule has 3 atom stereocenters. The third-order valence-corrected chi connectivity index (χ3v) is 9.04. The van der Waals surface area contributed by atoms with E-state index in [-0.39, 0.29) is 44.2 Å². The van der Waals surface area contributed by atoms with Crippen LogP contribution >= 0.6 is 0 Å². The summed E-state index contributed by atoms with van der Waals surface area (Å²) in [6, 6.07) is 27.2. The lowest BCUT2D eigenvalue weighted by atomic mass is 9.83. The maximum atomic E-state index is 14.5. The summed E-state index contributed by atoms with van der Waals surface area (Å²) in [7, 11) is 0. The Morgan fingerprint density at radius 2 is 1.78 bits per heavy atom. The van der Waals surface area contributed by atoms with E-state index in [4.69, 9.17) is 18.6 Å². The van der Waals surface area contributed by atoms with Crippen molar-refractivity contribution in [2.24, 2.45) is 5.41 Å². The number of oxazole rings is 1. The first-order chi connectivity index (χ1) is 22.4. The molecule has 0 radical (unpaired) electrons. The smallest absolute Gasteiger partial charge is 0.307 e. The largest absolute Gasteiger partial charge is 0.464 e. The average molecular weight is 619 g/mol. The Labute approximate surface area is 266 Å². The highest BCUT2D eigenvalue weighted by Crippen LogP contribution is 2.40. The van der Waals surface area contributed by atoms with Crippen LogP contribution < -0.4 is 9.47 Å². The Balaban J connectivity index is 1.26. The highest BCUT2D eigenvalue weighted by atomic mass is 16.7. The Morgan fingerprint density at radius 1 is 0.978 bits per heavy atom. The van der Waals surface area contributed by atoms with Gasteiger partial charge in [-0.25, -0.2) is 4.98 Å². The lowest BCUT2D eigenvalue weighted by Gasteiger charge is -2.39. The van der Waals surface area contributed by atoms with Gasteiger partial charge in [-0.15, -0.1) is 0 Å². The van der Waals surface area contributed by atoms with Crippen LogP contribution in [0.2, 0.25) is 0 Å². The summed E-state index contributed by atoms with van der Waals surface area (Å²) in [4.78, 5) is 33.1. The molecule has 4 aromatic carbocycles. The van der Waals surface area contributed by atoms with E-state index in [0.717, 1.165) is 27.4 Å². The van der Waals surface area contributed by atoms with Gasteiger partial charge in [0.15, 0.2) is 17.1 Å². The molecular weight excluding hydrogens is 584 g/mol. The van der Waals surface area contributed by atoms with Crippen LogP contribution in [0.1, 0.15) is 42.7 Å². The number of hydrogen-bond acceptors (Lipinski definition) is 8. The van der Waals surface area contributed by atoms with Crippen molar-refractivity contribution in [3.63, 3.8) is 0 Å². The predicted molar refractivity (Wildman–Crippen MR) is 172 cm³/mol. The zero-order chi connectivity index (χ0) is 31.7. The van der Waals surface area contributed by atoms with Crippen molar-refractivity contribution in [3.05, 3.63) is 108 Å². The lowest BCUT2D eigenvalue weighted by molar-refractivity contribution is -0.148. The lowest BCUT2D eigenvalue weighted by Crippen LogP contribution is -2.51. The number of ether oxygens (including phenoxy) is 3. The van der Waals surface area contributed by atoms with Gasteiger partial charge in [0, 0.05) is 18.5 Å². The van der Waals surface area contributed by atoms with Gasteiger partial charge in [0.05, 0.1) is 13.0 Å². The topological polar surface area (TPSA) is 111 Å². The number of rotatable bonds is 10. The monoisotopic (exact) mass is 618 g/mol. The number of aliphatic hydroxyl groups is 1. The zero-order valence-corrected chi connectivity index (χ0v) is 25.4. The maximum absolute atomic E-state index is 14.5. The molecule has 2 aliphatic rings. The summed E-state index contributed by atoms with van der Waals surface area (Å²) < 4.78 is 22.4. The summed E-state index contributed by atoms with van der Waals surface area (Å²) in [5, 5.41) is 12.7. The minimum Gasteiger partial charge on any atom is -0.464 e. The minimum absolute atomic E-state index is 0.149. The van der Waals surface area contributed by atoms with E-state index in [1.165, 1.54) is 0 Å². The molecule has 0 unspecified atom stereocenters. The fourth-order valence-electron chi connectivity index (χ4n) is 6.39. The fraction of sp³-hybridized carbons (Fsp3) is 0.270. The standard InChI is InChI=1S/C37H34N2O7/c1-24(39(36(42)37(21-40)19-35(41)43-22-37)20-25-13-14-26-7-2-3-8-27(26)17-25)29(28-15-16-32-33(18-28)45-23-44-32)9-6-12-34-38-30-10-4-5-11-31(30)46-34/h2-8,10-18,24,29,40H,9,19-23H2,1H3/b12-6+/t24-,29+,37+/m1/s1. The van der Waals surface area contributed by atoms with Crippen molar-refractivity contribution in [1.29, 1.82) is 0 Å². The van der Waals surface area contributed by atoms with E-state index in [1.54, 1.807) is 4.90 Å². The van der Waals surface area contributed by atoms with Crippen LogP contribution in [-0.4, -0.2) is 52.9 Å². The SMILES string of the molecule is C[C@H]([C@H](C/C=C/c1nc2ccccc2o1)c1ccc2c(c1)OCO2)N(Cc1ccc2ccccc2c1)C(=O)[C@@]1(CO)COC(=O)C1. The molecule has 7 rings (SSSR count). The molecule has 9 nitrogen and oxygen atoms in total. The number of aromatic nitrogens is 1. The van der Waals surface area contributed by atoms with Crippen molar-refractivity contribution >= 4 is 39.8 Å². The predicted octanol–water partition coefficient (Wildman–Crippen LogP) is 6.24. The van der Waals surface area contributed by atoms with E-state index in [2.05, 4.69) is 11.1 Å². The molecule has 9 heteroatoms. The van der Waals surface area contributed by atoms with Gasteiger partial charge in [0.2, 0.25) is 18.6 Å². The zero-order valence-electron chi connectivity index (χ0n) is 25.4. The van der Waals surface area contributed by atoms with Crippen LogP contribution in [-0.2, 0) is 20.9 Å². The van der Waals surface area contributed by atoms with Gasteiger partial charge in [-0.05, 0) is 71.7 Å². The molecule has 0 saturated carbocycles. The van der Waals surface area contributed by atoms with Gasteiger partial charge in [0.1, 0.15) is 17.5 Å². The highest BCUT2D eigenvalue weighted by molar-refractivity contribution is 5.90. The van der Waals surface area contributed by atoms with Gasteiger partial charge in [-0.2, -0.15) is 0 Å². The third-order valence-electron chi connectivity index (χ3n) is 9.04. The van der Waals surface area contributed by atoms with Crippen LogP contribution in [0.15, 0.2) is 95.4 Å². The normalized spacial score (nSPS) is 18.7. The van der Waals surface area contributed by atoms with Crippen LogP contribution in [0, 0.1) is 5.41 Å². The van der Waals surface area contributed by atoms with Crippen LogP contribution in [0.5, 0.6) is 11.5 Å². The Kier molecular flexibility index (Phi) is 7.92. The van der Waals surface area contributed by atoms with Crippen LogP contribution in [0.3, 0.4) is 0 Å². The number of carbonyl (C=O) groups is 2. The van der Waals surface area contributed by atoms with E-state index in [1.807, 2.05) is 97.9 Å². The van der Waals surface area contributed by atoms with Gasteiger partial charge in [0.25, 0.3) is 0 Å². The number of para-hydroxylation sites is 2. The van der Waals surface area contributed by atoms with Gasteiger partial charge >= 0.3 is 5.97 Å². The average Bonchev–Trinajstić information content (AvgIpc) is 3.83. The molecule has 1 N–H and O–H groups in total. The molecule has 3 heterocycles. The second-order valence-corrected chi connectivity index (χ2v) is 12.0. The number of esters is 1. The highest BCUT2D eigenvalue weighted by Gasteiger charge is 2.50. The summed E-state index contributed by atoms with van der Waals surface area (Å²) in [5.74, 6) is 0.773. The summed E-state index contributed by atoms with van der Waals surface area (Å²) in [6.45, 7) is 1.77. The molecule has 234 valence electrons. The maximum Gasteiger partial charge on any atom is 0.307 e. The van der Waals surface area contributed by atoms with Gasteiger partial charge in [-0.1, -0.05) is 60.7 Å². The molecule has 0 bridgehead atoms. The molecule has 0 aliphatic carbocycles.